The van der Waals surface area contributed by atoms with Crippen LogP contribution in [0, 0.1) is 6.92 Å². The van der Waals surface area contributed by atoms with E-state index in [1.807, 2.05) is 5.38 Å². The Balaban J connectivity index is 2.30. The van der Waals surface area contributed by atoms with E-state index in [9.17, 15) is 8.42 Å². The zero-order valence-corrected chi connectivity index (χ0v) is 12.8. The average Bonchev–Trinajstić information content (AvgIpc) is 2.85. The highest BCUT2D eigenvalue weighted by Crippen LogP contribution is 2.23. The molecule has 4 nitrogen and oxygen atoms in total. The largest absolute Gasteiger partial charge is 0.248 e. The molecule has 0 aliphatic rings. The van der Waals surface area contributed by atoms with E-state index in [1.54, 1.807) is 32.2 Å². The molecule has 0 amide bonds. The molecular formula is C12H13ClN2O2S2. The van der Waals surface area contributed by atoms with Gasteiger partial charge in [-0.05, 0) is 31.5 Å². The standard InChI is InChI=1S/C12H13ClN2O2S2/c1-8-3-4-10(13)7-11(8)19(16,17)15-9(2)12-14-5-6-18-12/h3-7,9,15H,1-2H3/t9-/m0/s1. The number of aryl methyl sites for hydroxylation is 1. The molecule has 19 heavy (non-hydrogen) atoms. The summed E-state index contributed by atoms with van der Waals surface area (Å²) in [6.45, 7) is 3.50. The van der Waals surface area contributed by atoms with Gasteiger partial charge >= 0.3 is 0 Å². The number of nitrogens with one attached hydrogen (secondary N) is 1. The number of rotatable bonds is 4. The number of thiazole rings is 1. The number of nitrogens with zero attached hydrogens (tertiary/aromatic N) is 1. The van der Waals surface area contributed by atoms with Crippen LogP contribution < -0.4 is 4.72 Å². The minimum Gasteiger partial charge on any atom is -0.248 e. The molecule has 0 aliphatic carbocycles. The summed E-state index contributed by atoms with van der Waals surface area (Å²) in [6.07, 6.45) is 1.65. The highest BCUT2D eigenvalue weighted by Gasteiger charge is 2.21. The van der Waals surface area contributed by atoms with E-state index in [4.69, 9.17) is 11.6 Å². The number of hydrogen-bond acceptors (Lipinski definition) is 4. The minimum absolute atomic E-state index is 0.198. The monoisotopic (exact) mass is 316 g/mol. The minimum atomic E-state index is -3.61. The van der Waals surface area contributed by atoms with Crippen LogP contribution in [0.5, 0.6) is 0 Å². The average molecular weight is 317 g/mol. The van der Waals surface area contributed by atoms with Crippen molar-refractivity contribution in [2.45, 2.75) is 24.8 Å². The third kappa shape index (κ3) is 3.33. The lowest BCUT2D eigenvalue weighted by Gasteiger charge is -2.13. The molecule has 0 radical (unpaired) electrons. The van der Waals surface area contributed by atoms with Crippen LogP contribution >= 0.6 is 22.9 Å². The molecule has 0 aliphatic heterocycles. The van der Waals surface area contributed by atoms with Gasteiger partial charge in [0, 0.05) is 16.6 Å². The normalized spacial score (nSPS) is 13.4. The molecule has 0 saturated heterocycles. The van der Waals surface area contributed by atoms with Crippen LogP contribution in [0.2, 0.25) is 5.02 Å². The predicted octanol–water partition coefficient (Wildman–Crippen LogP) is 3.14. The first kappa shape index (κ1) is 14.5. The second-order valence-corrected chi connectivity index (χ2v) is 7.17. The molecule has 2 aromatic rings. The lowest BCUT2D eigenvalue weighted by molar-refractivity contribution is 0.565. The first-order chi connectivity index (χ1) is 8.90. The molecule has 2 rings (SSSR count). The maximum atomic E-state index is 12.3. The molecule has 0 fully saturated rings. The van der Waals surface area contributed by atoms with Crippen LogP contribution in [-0.4, -0.2) is 13.4 Å². The fourth-order valence-corrected chi connectivity index (χ4v) is 4.09. The van der Waals surface area contributed by atoms with E-state index in [-0.39, 0.29) is 10.9 Å². The van der Waals surface area contributed by atoms with Crippen molar-refractivity contribution in [1.29, 1.82) is 0 Å². The van der Waals surface area contributed by atoms with Crippen LogP contribution in [0.1, 0.15) is 23.5 Å². The molecule has 0 saturated carbocycles. The SMILES string of the molecule is Cc1ccc(Cl)cc1S(=O)(=O)N[C@@H](C)c1nccs1. The molecule has 0 unspecified atom stereocenters. The Labute approximate surface area is 121 Å². The Hall–Kier alpha value is -0.950. The summed E-state index contributed by atoms with van der Waals surface area (Å²) in [5, 5.41) is 2.93. The van der Waals surface area contributed by atoms with E-state index >= 15 is 0 Å². The van der Waals surface area contributed by atoms with E-state index in [1.165, 1.54) is 17.4 Å². The fourth-order valence-electron chi connectivity index (χ4n) is 1.66. The van der Waals surface area contributed by atoms with E-state index < -0.39 is 10.0 Å². The first-order valence-corrected chi connectivity index (χ1v) is 8.32. The molecule has 1 aromatic carbocycles. The van der Waals surface area contributed by atoms with Crippen molar-refractivity contribution in [1.82, 2.24) is 9.71 Å². The second-order valence-electron chi connectivity index (χ2n) is 4.12. The van der Waals surface area contributed by atoms with Crippen LogP contribution in [0.4, 0.5) is 0 Å². The number of aromatic nitrogens is 1. The molecule has 1 heterocycles. The van der Waals surface area contributed by atoms with Crippen molar-refractivity contribution in [2.24, 2.45) is 0 Å². The quantitative estimate of drug-likeness (QED) is 0.942. The number of sulfonamides is 1. The maximum Gasteiger partial charge on any atom is 0.241 e. The summed E-state index contributed by atoms with van der Waals surface area (Å²) in [6, 6.07) is 4.43. The van der Waals surface area contributed by atoms with Gasteiger partial charge < -0.3 is 0 Å². The summed E-state index contributed by atoms with van der Waals surface area (Å²) in [5.74, 6) is 0. The van der Waals surface area contributed by atoms with Crippen molar-refractivity contribution in [3.63, 3.8) is 0 Å². The third-order valence-corrected chi connectivity index (χ3v) is 5.47. The summed E-state index contributed by atoms with van der Waals surface area (Å²) in [7, 11) is -3.61. The Morgan fingerprint density at radius 1 is 1.42 bits per heavy atom. The third-order valence-electron chi connectivity index (χ3n) is 2.59. The smallest absolute Gasteiger partial charge is 0.241 e. The Kier molecular flexibility index (Phi) is 4.25. The van der Waals surface area contributed by atoms with Crippen LogP contribution in [0.15, 0.2) is 34.7 Å². The number of benzene rings is 1. The van der Waals surface area contributed by atoms with Crippen molar-refractivity contribution in [2.75, 3.05) is 0 Å². The van der Waals surface area contributed by atoms with Crippen LogP contribution in [0.3, 0.4) is 0 Å². The molecular weight excluding hydrogens is 304 g/mol. The van der Waals surface area contributed by atoms with Gasteiger partial charge in [0.2, 0.25) is 10.0 Å². The maximum absolute atomic E-state index is 12.3. The second kappa shape index (κ2) is 5.58. The van der Waals surface area contributed by atoms with Crippen LogP contribution in [-0.2, 0) is 10.0 Å². The topological polar surface area (TPSA) is 59.1 Å². The summed E-state index contributed by atoms with van der Waals surface area (Å²) in [4.78, 5) is 4.30. The molecule has 102 valence electrons. The number of halogens is 1. The van der Waals surface area contributed by atoms with Gasteiger partial charge in [0.25, 0.3) is 0 Å². The van der Waals surface area contributed by atoms with Crippen LogP contribution in [0.25, 0.3) is 0 Å². The lowest BCUT2D eigenvalue weighted by Crippen LogP contribution is -2.27. The Morgan fingerprint density at radius 3 is 2.79 bits per heavy atom. The first-order valence-electron chi connectivity index (χ1n) is 5.58. The molecule has 0 spiro atoms. The summed E-state index contributed by atoms with van der Waals surface area (Å²) in [5.41, 5.74) is 0.656. The molecule has 1 N–H and O–H groups in total. The van der Waals surface area contributed by atoms with Crippen molar-refractivity contribution in [3.05, 3.63) is 45.4 Å². The van der Waals surface area contributed by atoms with Gasteiger partial charge in [-0.25, -0.2) is 18.1 Å². The number of hydrogen-bond donors (Lipinski definition) is 1. The molecule has 0 bridgehead atoms. The summed E-state index contributed by atoms with van der Waals surface area (Å²) < 4.78 is 27.2. The van der Waals surface area contributed by atoms with Crippen molar-refractivity contribution < 1.29 is 8.42 Å². The van der Waals surface area contributed by atoms with Gasteiger partial charge in [0.05, 0.1) is 10.9 Å². The van der Waals surface area contributed by atoms with Gasteiger partial charge in [-0.15, -0.1) is 11.3 Å². The van der Waals surface area contributed by atoms with E-state index in [2.05, 4.69) is 9.71 Å². The molecule has 1 aromatic heterocycles. The van der Waals surface area contributed by atoms with E-state index in [0.29, 0.717) is 10.6 Å². The lowest BCUT2D eigenvalue weighted by atomic mass is 10.2. The van der Waals surface area contributed by atoms with Crippen molar-refractivity contribution >= 4 is 33.0 Å². The Morgan fingerprint density at radius 2 is 2.16 bits per heavy atom. The van der Waals surface area contributed by atoms with Gasteiger partial charge in [0.1, 0.15) is 5.01 Å². The van der Waals surface area contributed by atoms with Gasteiger partial charge in [0.15, 0.2) is 0 Å². The van der Waals surface area contributed by atoms with Crippen molar-refractivity contribution in [3.8, 4) is 0 Å². The fraction of sp³-hybridized carbons (Fsp3) is 0.250. The highest BCUT2D eigenvalue weighted by molar-refractivity contribution is 7.89. The predicted molar refractivity (Wildman–Crippen MR) is 77.0 cm³/mol. The molecule has 7 heteroatoms. The van der Waals surface area contributed by atoms with Gasteiger partial charge in [-0.2, -0.15) is 0 Å². The zero-order chi connectivity index (χ0) is 14.0. The highest BCUT2D eigenvalue weighted by atomic mass is 35.5. The van der Waals surface area contributed by atoms with E-state index in [0.717, 1.165) is 5.01 Å². The molecule has 1 atom stereocenters. The summed E-state index contributed by atoms with van der Waals surface area (Å²) >= 11 is 7.27. The van der Waals surface area contributed by atoms with Gasteiger partial charge in [-0.3, -0.25) is 0 Å². The Bertz CT molecular complexity index is 669. The zero-order valence-electron chi connectivity index (χ0n) is 10.4. The van der Waals surface area contributed by atoms with Gasteiger partial charge in [-0.1, -0.05) is 17.7 Å².